The number of ether oxygens (including phenoxy) is 2. The molecule has 0 amide bonds. The van der Waals surface area contributed by atoms with Crippen LogP contribution in [0.5, 0.6) is 0 Å². The minimum Gasteiger partial charge on any atom is -0.463 e. The van der Waals surface area contributed by atoms with Gasteiger partial charge in [-0.15, -0.1) is 0 Å². The molecule has 29 heavy (non-hydrogen) atoms. The van der Waals surface area contributed by atoms with Gasteiger partial charge in [-0.05, 0) is 26.2 Å². The van der Waals surface area contributed by atoms with E-state index in [-0.39, 0.29) is 5.97 Å². The molecule has 4 nitrogen and oxygen atoms in total. The van der Waals surface area contributed by atoms with Crippen molar-refractivity contribution in [2.24, 2.45) is 0 Å². The molecule has 0 aliphatic rings. The third kappa shape index (κ3) is 18.4. The summed E-state index contributed by atoms with van der Waals surface area (Å²) in [6, 6.07) is 0. The molecular weight excluding hydrogens is 364 g/mol. The van der Waals surface area contributed by atoms with Gasteiger partial charge in [0.1, 0.15) is 0 Å². The summed E-state index contributed by atoms with van der Waals surface area (Å²) >= 11 is 0. The van der Waals surface area contributed by atoms with Gasteiger partial charge < -0.3 is 9.47 Å². The topological polar surface area (TPSA) is 52.6 Å². The molecule has 0 spiro atoms. The minimum absolute atomic E-state index is 0.319. The lowest BCUT2D eigenvalue weighted by molar-refractivity contribution is -0.141. The molecule has 0 aromatic rings. The van der Waals surface area contributed by atoms with E-state index >= 15 is 0 Å². The molecular formula is C25H46O4. The summed E-state index contributed by atoms with van der Waals surface area (Å²) in [4.78, 5) is 23.9. The second kappa shape index (κ2) is 21.4. The van der Waals surface area contributed by atoms with Crippen LogP contribution in [0, 0.1) is 0 Å². The van der Waals surface area contributed by atoms with Crippen LogP contribution in [-0.4, -0.2) is 25.2 Å². The fourth-order valence-electron chi connectivity index (χ4n) is 3.29. The number of rotatable bonds is 20. The van der Waals surface area contributed by atoms with E-state index in [4.69, 9.17) is 9.47 Å². The smallest absolute Gasteiger partial charge is 0.334 e. The molecule has 0 rings (SSSR count). The largest absolute Gasteiger partial charge is 0.463 e. The lowest BCUT2D eigenvalue weighted by Gasteiger charge is -2.08. The van der Waals surface area contributed by atoms with Crippen LogP contribution in [0.2, 0.25) is 0 Å². The van der Waals surface area contributed by atoms with Crippen molar-refractivity contribution in [3.8, 4) is 0 Å². The SMILES string of the molecule is CCCCCCCCCCCCCCC/C(=C/C(=O)OCCCC)C(=O)OCC. The number of hydrogen-bond donors (Lipinski definition) is 0. The van der Waals surface area contributed by atoms with Crippen LogP contribution >= 0.6 is 0 Å². The van der Waals surface area contributed by atoms with E-state index in [2.05, 4.69) is 6.92 Å². The molecule has 0 N–H and O–H groups in total. The third-order valence-corrected chi connectivity index (χ3v) is 5.12. The first-order chi connectivity index (χ1) is 14.2. The van der Waals surface area contributed by atoms with Crippen molar-refractivity contribution in [2.45, 2.75) is 124 Å². The highest BCUT2D eigenvalue weighted by Crippen LogP contribution is 2.15. The van der Waals surface area contributed by atoms with Crippen LogP contribution in [0.15, 0.2) is 11.6 Å². The van der Waals surface area contributed by atoms with Crippen molar-refractivity contribution in [1.82, 2.24) is 0 Å². The van der Waals surface area contributed by atoms with E-state index in [0.29, 0.717) is 25.2 Å². The van der Waals surface area contributed by atoms with E-state index < -0.39 is 5.97 Å². The second-order valence-electron chi connectivity index (χ2n) is 7.90. The molecule has 0 heterocycles. The number of hydrogen-bond acceptors (Lipinski definition) is 4. The van der Waals surface area contributed by atoms with Crippen molar-refractivity contribution in [3.05, 3.63) is 11.6 Å². The van der Waals surface area contributed by atoms with Gasteiger partial charge in [-0.2, -0.15) is 0 Å². The van der Waals surface area contributed by atoms with Gasteiger partial charge in [0.2, 0.25) is 0 Å². The van der Waals surface area contributed by atoms with Gasteiger partial charge in [0.25, 0.3) is 0 Å². The van der Waals surface area contributed by atoms with Crippen molar-refractivity contribution < 1.29 is 19.1 Å². The Morgan fingerprint density at radius 3 is 1.59 bits per heavy atom. The zero-order valence-electron chi connectivity index (χ0n) is 19.4. The molecule has 0 fully saturated rings. The van der Waals surface area contributed by atoms with Gasteiger partial charge >= 0.3 is 11.9 Å². The summed E-state index contributed by atoms with van der Waals surface area (Å²) in [6.45, 7) is 6.81. The van der Waals surface area contributed by atoms with Crippen molar-refractivity contribution in [3.63, 3.8) is 0 Å². The average molecular weight is 411 g/mol. The van der Waals surface area contributed by atoms with E-state index in [9.17, 15) is 9.59 Å². The summed E-state index contributed by atoms with van der Waals surface area (Å²) in [6.07, 6.45) is 20.4. The highest BCUT2D eigenvalue weighted by molar-refractivity contribution is 5.96. The highest BCUT2D eigenvalue weighted by Gasteiger charge is 2.13. The Labute approximate surface area is 179 Å². The first kappa shape index (κ1) is 27.7. The van der Waals surface area contributed by atoms with Crippen LogP contribution in [0.25, 0.3) is 0 Å². The maximum absolute atomic E-state index is 12.1. The number of unbranched alkanes of at least 4 members (excludes halogenated alkanes) is 13. The van der Waals surface area contributed by atoms with Gasteiger partial charge in [0.05, 0.1) is 13.2 Å². The summed E-state index contributed by atoms with van der Waals surface area (Å²) in [5.74, 6) is -0.824. The van der Waals surface area contributed by atoms with Crippen molar-refractivity contribution in [1.29, 1.82) is 0 Å². The summed E-state index contributed by atoms with van der Waals surface area (Å²) in [5, 5.41) is 0. The van der Waals surface area contributed by atoms with E-state index in [1.807, 2.05) is 6.92 Å². The minimum atomic E-state index is -0.434. The molecule has 170 valence electrons. The Bertz CT molecular complexity index is 429. The normalized spacial score (nSPS) is 11.5. The number of esters is 2. The molecule has 0 aliphatic carbocycles. The van der Waals surface area contributed by atoms with Gasteiger partial charge in [0.15, 0.2) is 0 Å². The van der Waals surface area contributed by atoms with Crippen molar-refractivity contribution >= 4 is 11.9 Å². The predicted molar refractivity (Wildman–Crippen MR) is 121 cm³/mol. The van der Waals surface area contributed by atoms with Crippen LogP contribution in [0.4, 0.5) is 0 Å². The Morgan fingerprint density at radius 2 is 1.10 bits per heavy atom. The summed E-state index contributed by atoms with van der Waals surface area (Å²) in [7, 11) is 0. The Kier molecular flexibility index (Phi) is 20.4. The standard InChI is InChI=1S/C25H46O4/c1-4-7-9-10-11-12-13-14-15-16-17-18-19-20-23(25(27)28-6-3)22-24(26)29-21-8-5-2/h22H,4-21H2,1-3H3/b23-22-. The third-order valence-electron chi connectivity index (χ3n) is 5.12. The zero-order chi connectivity index (χ0) is 21.6. The maximum Gasteiger partial charge on any atom is 0.334 e. The molecule has 0 radical (unpaired) electrons. The lowest BCUT2D eigenvalue weighted by Crippen LogP contribution is -2.11. The van der Waals surface area contributed by atoms with E-state index in [1.54, 1.807) is 6.92 Å². The molecule has 0 unspecified atom stereocenters. The molecule has 0 aromatic heterocycles. The van der Waals surface area contributed by atoms with E-state index in [1.165, 1.54) is 76.7 Å². The zero-order valence-corrected chi connectivity index (χ0v) is 19.4. The quantitative estimate of drug-likeness (QED) is 0.120. The highest BCUT2D eigenvalue weighted by atomic mass is 16.5. The van der Waals surface area contributed by atoms with Gasteiger partial charge in [-0.25, -0.2) is 9.59 Å². The molecule has 0 aliphatic heterocycles. The molecule has 4 heteroatoms. The fourth-order valence-corrected chi connectivity index (χ4v) is 3.29. The van der Waals surface area contributed by atoms with Crippen LogP contribution < -0.4 is 0 Å². The van der Waals surface area contributed by atoms with E-state index in [0.717, 1.165) is 25.7 Å². The molecule has 0 saturated carbocycles. The summed E-state index contributed by atoms with van der Waals surface area (Å²) < 4.78 is 10.2. The average Bonchev–Trinajstić information content (AvgIpc) is 2.71. The second-order valence-corrected chi connectivity index (χ2v) is 7.90. The Morgan fingerprint density at radius 1 is 0.621 bits per heavy atom. The number of carbonyl (C=O) groups excluding carboxylic acids is 2. The summed E-state index contributed by atoms with van der Waals surface area (Å²) in [5.41, 5.74) is 0.441. The van der Waals surface area contributed by atoms with Crippen LogP contribution in [-0.2, 0) is 19.1 Å². The van der Waals surface area contributed by atoms with Crippen molar-refractivity contribution in [2.75, 3.05) is 13.2 Å². The first-order valence-electron chi connectivity index (χ1n) is 12.2. The Balaban J connectivity index is 3.87. The monoisotopic (exact) mass is 410 g/mol. The number of carbonyl (C=O) groups is 2. The maximum atomic E-state index is 12.1. The van der Waals surface area contributed by atoms with Gasteiger partial charge in [-0.3, -0.25) is 0 Å². The lowest BCUT2D eigenvalue weighted by atomic mass is 10.0. The van der Waals surface area contributed by atoms with Gasteiger partial charge in [0, 0.05) is 11.6 Å². The molecule has 0 atom stereocenters. The Hall–Kier alpha value is -1.32. The first-order valence-corrected chi connectivity index (χ1v) is 12.2. The fraction of sp³-hybridized carbons (Fsp3) is 0.840. The van der Waals surface area contributed by atoms with Crippen LogP contribution in [0.1, 0.15) is 124 Å². The van der Waals surface area contributed by atoms with Crippen LogP contribution in [0.3, 0.4) is 0 Å². The van der Waals surface area contributed by atoms with Gasteiger partial charge in [-0.1, -0.05) is 97.3 Å². The molecule has 0 aromatic carbocycles. The molecule has 0 saturated heterocycles. The molecule has 0 bridgehead atoms. The predicted octanol–water partition coefficient (Wildman–Crippen LogP) is 7.30.